The van der Waals surface area contributed by atoms with Crippen LogP contribution in [0.25, 0.3) is 0 Å². The predicted octanol–water partition coefficient (Wildman–Crippen LogP) is 0.216. The number of sulfonamides is 1. The van der Waals surface area contributed by atoms with Gasteiger partial charge in [-0.05, 0) is 11.8 Å². The van der Waals surface area contributed by atoms with Crippen molar-refractivity contribution >= 4 is 15.9 Å². The molecule has 6 heteroatoms. The zero-order valence-electron chi connectivity index (χ0n) is 9.70. The summed E-state index contributed by atoms with van der Waals surface area (Å²) in [6.07, 6.45) is 1.65. The topological polar surface area (TPSA) is 89.3 Å². The van der Waals surface area contributed by atoms with Crippen LogP contribution in [0.3, 0.4) is 0 Å². The Labute approximate surface area is 91.5 Å². The van der Waals surface area contributed by atoms with Crippen LogP contribution in [-0.2, 0) is 14.8 Å². The van der Waals surface area contributed by atoms with E-state index in [0.717, 1.165) is 6.26 Å². The fourth-order valence-corrected chi connectivity index (χ4v) is 1.84. The van der Waals surface area contributed by atoms with E-state index in [1.165, 1.54) is 0 Å². The normalized spacial score (nSPS) is 14.7. The van der Waals surface area contributed by atoms with Crippen molar-refractivity contribution in [3.8, 4) is 0 Å². The van der Waals surface area contributed by atoms with Gasteiger partial charge in [-0.25, -0.2) is 8.42 Å². The maximum Gasteiger partial charge on any atom is 0.234 e. The Morgan fingerprint density at radius 1 is 1.40 bits per heavy atom. The number of nitrogens with one attached hydrogen (secondary N) is 1. The lowest BCUT2D eigenvalue weighted by atomic mass is 9.87. The van der Waals surface area contributed by atoms with Gasteiger partial charge >= 0.3 is 0 Å². The van der Waals surface area contributed by atoms with E-state index in [2.05, 4.69) is 0 Å². The molecule has 0 fully saturated rings. The first kappa shape index (κ1) is 14.4. The molecule has 0 spiro atoms. The van der Waals surface area contributed by atoms with E-state index >= 15 is 0 Å². The molecule has 15 heavy (non-hydrogen) atoms. The molecule has 1 unspecified atom stereocenters. The molecule has 3 N–H and O–H groups in total. The first-order chi connectivity index (χ1) is 6.49. The third-order valence-corrected chi connectivity index (χ3v) is 2.22. The standard InChI is InChI=1S/C9H20N2O3S/c1-9(2,3)6-7(10)5-8(12)11-15(4,13)14/h7H,5-6,10H2,1-4H3,(H,11,12). The highest BCUT2D eigenvalue weighted by Crippen LogP contribution is 2.20. The Morgan fingerprint density at radius 2 is 1.87 bits per heavy atom. The SMILES string of the molecule is CC(C)(C)CC(N)CC(=O)NS(C)(=O)=O. The Bertz CT molecular complexity index is 317. The summed E-state index contributed by atoms with van der Waals surface area (Å²) >= 11 is 0. The number of amides is 1. The van der Waals surface area contributed by atoms with Gasteiger partial charge in [0.05, 0.1) is 6.26 Å². The van der Waals surface area contributed by atoms with Crippen molar-refractivity contribution < 1.29 is 13.2 Å². The van der Waals surface area contributed by atoms with E-state index in [9.17, 15) is 13.2 Å². The number of carbonyl (C=O) groups excluding carboxylic acids is 1. The van der Waals surface area contributed by atoms with Crippen molar-refractivity contribution in [3.05, 3.63) is 0 Å². The molecule has 0 saturated carbocycles. The van der Waals surface area contributed by atoms with E-state index in [1.807, 2.05) is 25.5 Å². The average molecular weight is 236 g/mol. The van der Waals surface area contributed by atoms with Gasteiger partial charge in [0.25, 0.3) is 0 Å². The molecule has 5 nitrogen and oxygen atoms in total. The van der Waals surface area contributed by atoms with Gasteiger partial charge < -0.3 is 5.73 Å². The molecule has 0 rings (SSSR count). The highest BCUT2D eigenvalue weighted by atomic mass is 32.2. The number of hydrogen-bond acceptors (Lipinski definition) is 4. The van der Waals surface area contributed by atoms with Crippen molar-refractivity contribution in [1.82, 2.24) is 4.72 Å². The summed E-state index contributed by atoms with van der Waals surface area (Å²) in [4.78, 5) is 11.2. The first-order valence-electron chi connectivity index (χ1n) is 4.76. The maximum atomic E-state index is 11.2. The molecule has 0 heterocycles. The van der Waals surface area contributed by atoms with Crippen LogP contribution in [0.5, 0.6) is 0 Å². The third kappa shape index (κ3) is 9.68. The summed E-state index contributed by atoms with van der Waals surface area (Å²) in [5.74, 6) is -0.547. The smallest absolute Gasteiger partial charge is 0.234 e. The van der Waals surface area contributed by atoms with E-state index in [-0.39, 0.29) is 17.9 Å². The van der Waals surface area contributed by atoms with Crippen LogP contribution in [0.15, 0.2) is 0 Å². The number of carbonyl (C=O) groups is 1. The quantitative estimate of drug-likeness (QED) is 0.730. The average Bonchev–Trinajstić information content (AvgIpc) is 1.73. The summed E-state index contributed by atoms with van der Waals surface area (Å²) in [5.41, 5.74) is 5.76. The molecule has 0 aliphatic heterocycles. The minimum atomic E-state index is -3.47. The lowest BCUT2D eigenvalue weighted by Gasteiger charge is -2.22. The summed E-state index contributed by atoms with van der Waals surface area (Å²) in [6, 6.07) is -0.313. The van der Waals surface area contributed by atoms with Crippen LogP contribution in [0.2, 0.25) is 0 Å². The van der Waals surface area contributed by atoms with Crippen LogP contribution in [0.1, 0.15) is 33.6 Å². The van der Waals surface area contributed by atoms with E-state index in [0.29, 0.717) is 6.42 Å². The first-order valence-corrected chi connectivity index (χ1v) is 6.65. The molecule has 0 aliphatic carbocycles. The van der Waals surface area contributed by atoms with E-state index in [4.69, 9.17) is 5.73 Å². The Kier molecular flexibility index (Phi) is 4.73. The summed E-state index contributed by atoms with van der Waals surface area (Å²) in [6.45, 7) is 6.05. The van der Waals surface area contributed by atoms with Gasteiger partial charge in [0, 0.05) is 12.5 Å². The maximum absolute atomic E-state index is 11.2. The molecular weight excluding hydrogens is 216 g/mol. The van der Waals surface area contributed by atoms with Crippen LogP contribution in [0.4, 0.5) is 0 Å². The van der Waals surface area contributed by atoms with Gasteiger partial charge in [-0.3, -0.25) is 9.52 Å². The van der Waals surface area contributed by atoms with Crippen molar-refractivity contribution in [2.24, 2.45) is 11.1 Å². The second kappa shape index (κ2) is 4.94. The van der Waals surface area contributed by atoms with Crippen molar-refractivity contribution in [3.63, 3.8) is 0 Å². The largest absolute Gasteiger partial charge is 0.327 e. The fourth-order valence-electron chi connectivity index (χ4n) is 1.35. The highest BCUT2D eigenvalue weighted by Gasteiger charge is 2.19. The van der Waals surface area contributed by atoms with Gasteiger partial charge in [-0.1, -0.05) is 20.8 Å². The van der Waals surface area contributed by atoms with Crippen molar-refractivity contribution in [2.45, 2.75) is 39.7 Å². The Balaban J connectivity index is 4.09. The van der Waals surface area contributed by atoms with E-state index in [1.54, 1.807) is 0 Å². The Morgan fingerprint density at radius 3 is 2.20 bits per heavy atom. The number of hydrogen-bond donors (Lipinski definition) is 2. The second-order valence-corrected chi connectivity index (χ2v) is 6.77. The molecule has 0 saturated heterocycles. The molecule has 0 aromatic heterocycles. The molecule has 0 radical (unpaired) electrons. The third-order valence-electron chi connectivity index (χ3n) is 1.62. The van der Waals surface area contributed by atoms with Crippen molar-refractivity contribution in [1.29, 1.82) is 0 Å². The lowest BCUT2D eigenvalue weighted by Crippen LogP contribution is -2.36. The molecule has 0 aromatic carbocycles. The zero-order chi connectivity index (χ0) is 12.3. The monoisotopic (exact) mass is 236 g/mol. The van der Waals surface area contributed by atoms with E-state index < -0.39 is 15.9 Å². The molecule has 1 atom stereocenters. The lowest BCUT2D eigenvalue weighted by molar-refractivity contribution is -0.119. The van der Waals surface area contributed by atoms with Crippen LogP contribution in [0, 0.1) is 5.41 Å². The molecule has 0 bridgehead atoms. The summed E-state index contributed by atoms with van der Waals surface area (Å²) in [5, 5.41) is 0. The summed E-state index contributed by atoms with van der Waals surface area (Å²) in [7, 11) is -3.47. The summed E-state index contributed by atoms with van der Waals surface area (Å²) < 4.78 is 23.4. The molecule has 1 amide bonds. The van der Waals surface area contributed by atoms with Gasteiger partial charge in [0.2, 0.25) is 15.9 Å². The van der Waals surface area contributed by atoms with Gasteiger partial charge in [-0.2, -0.15) is 0 Å². The van der Waals surface area contributed by atoms with Gasteiger partial charge in [-0.15, -0.1) is 0 Å². The Hall–Kier alpha value is -0.620. The van der Waals surface area contributed by atoms with Gasteiger partial charge in [0.15, 0.2) is 0 Å². The zero-order valence-corrected chi connectivity index (χ0v) is 10.5. The fraction of sp³-hybridized carbons (Fsp3) is 0.889. The molecular formula is C9H20N2O3S. The van der Waals surface area contributed by atoms with Crippen LogP contribution >= 0.6 is 0 Å². The second-order valence-electron chi connectivity index (χ2n) is 5.03. The predicted molar refractivity (Wildman–Crippen MR) is 59.7 cm³/mol. The minimum absolute atomic E-state index is 0.0321. The molecule has 0 aromatic rings. The highest BCUT2D eigenvalue weighted by molar-refractivity contribution is 7.89. The van der Waals surface area contributed by atoms with Crippen LogP contribution in [-0.4, -0.2) is 26.6 Å². The van der Waals surface area contributed by atoms with Crippen molar-refractivity contribution in [2.75, 3.05) is 6.26 Å². The van der Waals surface area contributed by atoms with Gasteiger partial charge in [0.1, 0.15) is 0 Å². The minimum Gasteiger partial charge on any atom is -0.327 e. The number of nitrogens with two attached hydrogens (primary N) is 1. The van der Waals surface area contributed by atoms with Crippen LogP contribution < -0.4 is 10.5 Å². The molecule has 90 valence electrons. The number of rotatable bonds is 4. The molecule has 0 aliphatic rings.